The molecule has 1 aliphatic rings. The minimum absolute atomic E-state index is 0.0968. The largest absolute Gasteiger partial charge is 0.409 e. The second-order valence-corrected chi connectivity index (χ2v) is 4.77. The van der Waals surface area contributed by atoms with E-state index < -0.39 is 0 Å². The van der Waals surface area contributed by atoms with Gasteiger partial charge < -0.3 is 20.6 Å². The van der Waals surface area contributed by atoms with Gasteiger partial charge in [-0.2, -0.15) is 0 Å². The predicted molar refractivity (Wildman–Crippen MR) is 73.7 cm³/mol. The number of ether oxygens (including phenoxy) is 1. The molecule has 0 aromatic carbocycles. The molecule has 1 aromatic heterocycles. The molecule has 0 atom stereocenters. The molecule has 0 bridgehead atoms. The molecule has 0 radical (unpaired) electrons. The van der Waals surface area contributed by atoms with Crippen LogP contribution >= 0.6 is 0 Å². The lowest BCUT2D eigenvalue weighted by Crippen LogP contribution is -2.38. The van der Waals surface area contributed by atoms with Gasteiger partial charge in [0.2, 0.25) is 0 Å². The molecule has 1 aromatic rings. The summed E-state index contributed by atoms with van der Waals surface area (Å²) in [7, 11) is 1.99. The van der Waals surface area contributed by atoms with Crippen LogP contribution in [-0.2, 0) is 4.74 Å². The maximum atomic E-state index is 8.93. The first-order valence-electron chi connectivity index (χ1n) is 6.39. The van der Waals surface area contributed by atoms with Crippen molar-refractivity contribution in [1.29, 1.82) is 0 Å². The van der Waals surface area contributed by atoms with Gasteiger partial charge in [-0.05, 0) is 31.4 Å². The van der Waals surface area contributed by atoms with Gasteiger partial charge in [-0.25, -0.2) is 4.98 Å². The minimum Gasteiger partial charge on any atom is -0.409 e. The average molecular weight is 264 g/mol. The Morgan fingerprint density at radius 2 is 2.21 bits per heavy atom. The summed E-state index contributed by atoms with van der Waals surface area (Å²) in [5.74, 6) is 0.849. The highest BCUT2D eigenvalue weighted by atomic mass is 16.5. The standard InChI is InChI=1S/C13H20N4O2/c1-9-3-6-15-13(11(9)12(14)16-18)17(2)10-4-7-19-8-5-10/h3,6,10,18H,4-5,7-8H2,1-2H3,(H2,14,16). The lowest BCUT2D eigenvalue weighted by atomic mass is 10.0. The van der Waals surface area contributed by atoms with E-state index in [1.54, 1.807) is 6.20 Å². The maximum Gasteiger partial charge on any atom is 0.174 e. The van der Waals surface area contributed by atoms with Crippen molar-refractivity contribution in [2.45, 2.75) is 25.8 Å². The molecule has 0 spiro atoms. The van der Waals surface area contributed by atoms with Crippen LogP contribution in [0.5, 0.6) is 0 Å². The van der Waals surface area contributed by atoms with Crippen molar-refractivity contribution in [1.82, 2.24) is 4.98 Å². The van der Waals surface area contributed by atoms with E-state index in [4.69, 9.17) is 15.7 Å². The molecule has 19 heavy (non-hydrogen) atoms. The van der Waals surface area contributed by atoms with E-state index in [1.165, 1.54) is 0 Å². The van der Waals surface area contributed by atoms with E-state index in [9.17, 15) is 0 Å². The number of anilines is 1. The van der Waals surface area contributed by atoms with Crippen molar-refractivity contribution in [3.8, 4) is 0 Å². The van der Waals surface area contributed by atoms with Crippen molar-refractivity contribution in [3.63, 3.8) is 0 Å². The van der Waals surface area contributed by atoms with Crippen molar-refractivity contribution >= 4 is 11.7 Å². The fourth-order valence-electron chi connectivity index (χ4n) is 2.42. The SMILES string of the molecule is Cc1ccnc(N(C)C2CCOCC2)c1/C(N)=N/O. The van der Waals surface area contributed by atoms with Gasteiger partial charge in [0.05, 0.1) is 5.56 Å². The van der Waals surface area contributed by atoms with Crippen LogP contribution in [0.2, 0.25) is 0 Å². The predicted octanol–water partition coefficient (Wildman–Crippen LogP) is 1.10. The normalized spacial score (nSPS) is 17.5. The molecule has 0 saturated carbocycles. The van der Waals surface area contributed by atoms with Crippen molar-refractivity contribution in [2.75, 3.05) is 25.2 Å². The highest BCUT2D eigenvalue weighted by Crippen LogP contribution is 2.24. The molecule has 2 rings (SSSR count). The first-order chi connectivity index (χ1) is 9.15. The smallest absolute Gasteiger partial charge is 0.174 e. The summed E-state index contributed by atoms with van der Waals surface area (Å²) in [4.78, 5) is 6.50. The van der Waals surface area contributed by atoms with Gasteiger partial charge in [0.1, 0.15) is 5.82 Å². The molecule has 0 unspecified atom stereocenters. The second kappa shape index (κ2) is 5.88. The topological polar surface area (TPSA) is 84.0 Å². The first-order valence-corrected chi connectivity index (χ1v) is 6.39. The zero-order chi connectivity index (χ0) is 13.8. The van der Waals surface area contributed by atoms with E-state index >= 15 is 0 Å². The fraction of sp³-hybridized carbons (Fsp3) is 0.538. The van der Waals surface area contributed by atoms with Crippen LogP contribution in [0.3, 0.4) is 0 Å². The third-order valence-electron chi connectivity index (χ3n) is 3.58. The average Bonchev–Trinajstić information content (AvgIpc) is 2.46. The van der Waals surface area contributed by atoms with Gasteiger partial charge >= 0.3 is 0 Å². The third-order valence-corrected chi connectivity index (χ3v) is 3.58. The summed E-state index contributed by atoms with van der Waals surface area (Å²) in [6, 6.07) is 2.22. The minimum atomic E-state index is 0.0968. The van der Waals surface area contributed by atoms with Crippen LogP contribution < -0.4 is 10.6 Å². The second-order valence-electron chi connectivity index (χ2n) is 4.77. The third kappa shape index (κ3) is 2.78. The van der Waals surface area contributed by atoms with Crippen LogP contribution in [0.25, 0.3) is 0 Å². The molecule has 6 nitrogen and oxygen atoms in total. The number of rotatable bonds is 3. The van der Waals surface area contributed by atoms with Crippen LogP contribution in [0.15, 0.2) is 17.4 Å². The van der Waals surface area contributed by atoms with Gasteiger partial charge in [0.25, 0.3) is 0 Å². The number of hydrogen-bond acceptors (Lipinski definition) is 5. The van der Waals surface area contributed by atoms with Gasteiger partial charge in [0.15, 0.2) is 5.84 Å². The molecule has 0 aliphatic carbocycles. The van der Waals surface area contributed by atoms with Crippen molar-refractivity contribution in [2.24, 2.45) is 10.9 Å². The summed E-state index contributed by atoms with van der Waals surface area (Å²) >= 11 is 0. The molecule has 1 aliphatic heterocycles. The summed E-state index contributed by atoms with van der Waals surface area (Å²) < 4.78 is 5.37. The summed E-state index contributed by atoms with van der Waals surface area (Å²) in [5, 5.41) is 12.0. The number of hydrogen-bond donors (Lipinski definition) is 2. The summed E-state index contributed by atoms with van der Waals surface area (Å²) in [5.41, 5.74) is 7.41. The Morgan fingerprint density at radius 1 is 1.53 bits per heavy atom. The Balaban J connectivity index is 2.35. The number of oxime groups is 1. The number of amidine groups is 1. The molecular weight excluding hydrogens is 244 g/mol. The van der Waals surface area contributed by atoms with Crippen molar-refractivity contribution in [3.05, 3.63) is 23.4 Å². The van der Waals surface area contributed by atoms with E-state index in [0.29, 0.717) is 11.6 Å². The highest BCUT2D eigenvalue weighted by molar-refractivity contribution is 6.02. The number of nitrogens with two attached hydrogens (primary N) is 1. The monoisotopic (exact) mass is 264 g/mol. The molecule has 1 fully saturated rings. The van der Waals surface area contributed by atoms with E-state index in [-0.39, 0.29) is 5.84 Å². The Bertz CT molecular complexity index is 470. The summed E-state index contributed by atoms with van der Waals surface area (Å²) in [6.45, 7) is 3.45. The Morgan fingerprint density at radius 3 is 2.84 bits per heavy atom. The van der Waals surface area contributed by atoms with Crippen LogP contribution in [0.1, 0.15) is 24.0 Å². The van der Waals surface area contributed by atoms with Gasteiger partial charge in [-0.1, -0.05) is 5.16 Å². The molecule has 2 heterocycles. The van der Waals surface area contributed by atoms with Gasteiger partial charge in [-0.3, -0.25) is 0 Å². The Hall–Kier alpha value is -1.82. The number of aryl methyl sites for hydroxylation is 1. The zero-order valence-corrected chi connectivity index (χ0v) is 11.3. The Labute approximate surface area is 112 Å². The number of aromatic nitrogens is 1. The van der Waals surface area contributed by atoms with Gasteiger partial charge in [-0.15, -0.1) is 0 Å². The van der Waals surface area contributed by atoms with E-state index in [0.717, 1.165) is 37.4 Å². The molecule has 0 amide bonds. The maximum absolute atomic E-state index is 8.93. The van der Waals surface area contributed by atoms with E-state index in [2.05, 4.69) is 15.0 Å². The zero-order valence-electron chi connectivity index (χ0n) is 11.3. The van der Waals surface area contributed by atoms with E-state index in [1.807, 2.05) is 20.0 Å². The fourth-order valence-corrected chi connectivity index (χ4v) is 2.42. The lowest BCUT2D eigenvalue weighted by Gasteiger charge is -2.33. The molecule has 104 valence electrons. The molecular formula is C13H20N4O2. The van der Waals surface area contributed by atoms with Crippen LogP contribution in [-0.4, -0.2) is 42.3 Å². The van der Waals surface area contributed by atoms with Gasteiger partial charge in [0, 0.05) is 32.5 Å². The molecule has 6 heteroatoms. The molecule has 1 saturated heterocycles. The highest BCUT2D eigenvalue weighted by Gasteiger charge is 2.23. The molecule has 3 N–H and O–H groups in total. The van der Waals surface area contributed by atoms with Crippen LogP contribution in [0.4, 0.5) is 5.82 Å². The number of pyridine rings is 1. The van der Waals surface area contributed by atoms with Crippen LogP contribution in [0, 0.1) is 6.92 Å². The summed E-state index contributed by atoms with van der Waals surface area (Å²) in [6.07, 6.45) is 3.66. The number of nitrogens with zero attached hydrogens (tertiary/aromatic N) is 3. The lowest BCUT2D eigenvalue weighted by molar-refractivity contribution is 0.0853. The Kier molecular flexibility index (Phi) is 4.21. The first kappa shape index (κ1) is 13.6. The quantitative estimate of drug-likeness (QED) is 0.369. The van der Waals surface area contributed by atoms with Crippen molar-refractivity contribution < 1.29 is 9.94 Å².